The molecule has 4 rings (SSSR count). The van der Waals surface area contributed by atoms with Gasteiger partial charge in [0.15, 0.2) is 5.76 Å². The Balaban J connectivity index is 1.77. The molecule has 130 valence electrons. The van der Waals surface area contributed by atoms with Gasteiger partial charge in [0.25, 0.3) is 0 Å². The van der Waals surface area contributed by atoms with Gasteiger partial charge in [0.2, 0.25) is 5.95 Å². The predicted octanol–water partition coefficient (Wildman–Crippen LogP) is 3.31. The van der Waals surface area contributed by atoms with Crippen LogP contribution in [0.15, 0.2) is 39.8 Å². The van der Waals surface area contributed by atoms with Crippen LogP contribution in [-0.2, 0) is 4.74 Å². The molecule has 1 aliphatic rings. The van der Waals surface area contributed by atoms with Crippen LogP contribution in [0.25, 0.3) is 22.6 Å². The number of hydrogen-bond acceptors (Lipinski definition) is 7. The fourth-order valence-electron chi connectivity index (χ4n) is 3.16. The Hall–Kier alpha value is -2.67. The Morgan fingerprint density at radius 2 is 2.00 bits per heavy atom. The molecule has 3 aromatic heterocycles. The summed E-state index contributed by atoms with van der Waals surface area (Å²) in [5.74, 6) is 1.32. The lowest BCUT2D eigenvalue weighted by atomic mass is 10.1. The molecule has 4 heterocycles. The van der Waals surface area contributed by atoms with Crippen molar-refractivity contribution in [2.75, 3.05) is 18.0 Å². The van der Waals surface area contributed by atoms with Crippen molar-refractivity contribution in [1.82, 2.24) is 15.1 Å². The van der Waals surface area contributed by atoms with E-state index in [0.717, 1.165) is 35.6 Å². The molecule has 0 spiro atoms. The Morgan fingerprint density at radius 1 is 1.20 bits per heavy atom. The average molecular weight is 340 g/mol. The lowest BCUT2D eigenvalue weighted by Gasteiger charge is -2.35. The number of morpholine rings is 1. The quantitative estimate of drug-likeness (QED) is 0.724. The van der Waals surface area contributed by atoms with E-state index in [1.807, 2.05) is 19.1 Å². The van der Waals surface area contributed by atoms with Crippen LogP contribution in [0.4, 0.5) is 5.95 Å². The fraction of sp³-hybridized carbons (Fsp3) is 0.389. The standard InChI is InChI=1S/C18H20N4O3/c1-11-6-16(25-21-11)15-7-19-18(20-17(15)14-4-5-23-10-14)22-8-12(2)24-13(3)9-22/h4-7,10,12-13H,8-9H2,1-3H3/t12-,13-/m1/s1. The zero-order valence-electron chi connectivity index (χ0n) is 14.5. The van der Waals surface area contributed by atoms with Crippen molar-refractivity contribution in [2.45, 2.75) is 33.0 Å². The molecule has 1 saturated heterocycles. The molecule has 1 aliphatic heterocycles. The van der Waals surface area contributed by atoms with Gasteiger partial charge < -0.3 is 18.6 Å². The summed E-state index contributed by atoms with van der Waals surface area (Å²) in [6, 6.07) is 3.75. The van der Waals surface area contributed by atoms with Gasteiger partial charge in [-0.25, -0.2) is 9.97 Å². The summed E-state index contributed by atoms with van der Waals surface area (Å²) in [5, 5.41) is 3.97. The van der Waals surface area contributed by atoms with Crippen LogP contribution in [0, 0.1) is 6.92 Å². The van der Waals surface area contributed by atoms with E-state index in [4.69, 9.17) is 18.7 Å². The highest BCUT2D eigenvalue weighted by Gasteiger charge is 2.25. The van der Waals surface area contributed by atoms with Crippen LogP contribution in [-0.4, -0.2) is 40.4 Å². The third-order valence-electron chi connectivity index (χ3n) is 4.17. The van der Waals surface area contributed by atoms with Crippen LogP contribution in [0.5, 0.6) is 0 Å². The molecule has 7 nitrogen and oxygen atoms in total. The fourth-order valence-corrected chi connectivity index (χ4v) is 3.16. The number of hydrogen-bond donors (Lipinski definition) is 0. The molecule has 0 aliphatic carbocycles. The Morgan fingerprint density at radius 3 is 2.64 bits per heavy atom. The smallest absolute Gasteiger partial charge is 0.226 e. The minimum absolute atomic E-state index is 0.140. The summed E-state index contributed by atoms with van der Waals surface area (Å²) >= 11 is 0. The first kappa shape index (κ1) is 15.8. The van der Waals surface area contributed by atoms with Crippen LogP contribution in [0.1, 0.15) is 19.5 Å². The second-order valence-corrected chi connectivity index (χ2v) is 6.44. The van der Waals surface area contributed by atoms with Crippen LogP contribution >= 0.6 is 0 Å². The minimum Gasteiger partial charge on any atom is -0.472 e. The number of anilines is 1. The molecule has 7 heteroatoms. The SMILES string of the molecule is Cc1cc(-c2cnc(N3C[C@@H](C)O[C@H](C)C3)nc2-c2ccoc2)on1. The summed E-state index contributed by atoms with van der Waals surface area (Å²) in [4.78, 5) is 11.5. The number of rotatable bonds is 3. The third kappa shape index (κ3) is 3.15. The molecule has 0 unspecified atom stereocenters. The van der Waals surface area contributed by atoms with Crippen molar-refractivity contribution in [3.8, 4) is 22.6 Å². The van der Waals surface area contributed by atoms with Gasteiger partial charge in [0.1, 0.15) is 0 Å². The van der Waals surface area contributed by atoms with Crippen molar-refractivity contribution in [2.24, 2.45) is 0 Å². The van der Waals surface area contributed by atoms with E-state index in [1.165, 1.54) is 0 Å². The molecule has 0 N–H and O–H groups in total. The monoisotopic (exact) mass is 340 g/mol. The number of nitrogens with zero attached hydrogens (tertiary/aromatic N) is 4. The predicted molar refractivity (Wildman–Crippen MR) is 92.2 cm³/mol. The van der Waals surface area contributed by atoms with Gasteiger partial charge in [-0.05, 0) is 26.8 Å². The summed E-state index contributed by atoms with van der Waals surface area (Å²) in [5.41, 5.74) is 3.25. The zero-order chi connectivity index (χ0) is 17.4. The highest BCUT2D eigenvalue weighted by molar-refractivity contribution is 5.78. The molecule has 0 bridgehead atoms. The van der Waals surface area contributed by atoms with E-state index in [2.05, 4.69) is 28.9 Å². The first-order valence-electron chi connectivity index (χ1n) is 8.34. The maximum Gasteiger partial charge on any atom is 0.226 e. The second kappa shape index (κ2) is 6.33. The summed E-state index contributed by atoms with van der Waals surface area (Å²) in [6.07, 6.45) is 5.37. The van der Waals surface area contributed by atoms with E-state index in [0.29, 0.717) is 11.7 Å². The van der Waals surface area contributed by atoms with Gasteiger partial charge in [-0.15, -0.1) is 0 Å². The molecule has 0 amide bonds. The Labute approximate surface area is 145 Å². The largest absolute Gasteiger partial charge is 0.472 e. The van der Waals surface area contributed by atoms with E-state index >= 15 is 0 Å². The first-order chi connectivity index (χ1) is 12.1. The number of aryl methyl sites for hydroxylation is 1. The van der Waals surface area contributed by atoms with Crippen molar-refractivity contribution in [3.63, 3.8) is 0 Å². The molecule has 2 atom stereocenters. The van der Waals surface area contributed by atoms with Crippen LogP contribution < -0.4 is 4.90 Å². The van der Waals surface area contributed by atoms with Gasteiger partial charge in [0.05, 0.1) is 41.7 Å². The van der Waals surface area contributed by atoms with Crippen molar-refractivity contribution < 1.29 is 13.7 Å². The molecule has 25 heavy (non-hydrogen) atoms. The van der Waals surface area contributed by atoms with Gasteiger partial charge in [-0.2, -0.15) is 0 Å². The van der Waals surface area contributed by atoms with Crippen molar-refractivity contribution in [3.05, 3.63) is 36.5 Å². The summed E-state index contributed by atoms with van der Waals surface area (Å²) < 4.78 is 16.5. The number of aromatic nitrogens is 3. The second-order valence-electron chi connectivity index (χ2n) is 6.44. The molecule has 0 radical (unpaired) electrons. The van der Waals surface area contributed by atoms with Gasteiger partial charge in [0, 0.05) is 30.9 Å². The lowest BCUT2D eigenvalue weighted by Crippen LogP contribution is -2.46. The van der Waals surface area contributed by atoms with Gasteiger partial charge >= 0.3 is 0 Å². The van der Waals surface area contributed by atoms with E-state index in [-0.39, 0.29) is 12.2 Å². The normalized spacial score (nSPS) is 20.8. The minimum atomic E-state index is 0.140. The highest BCUT2D eigenvalue weighted by Crippen LogP contribution is 2.32. The zero-order valence-corrected chi connectivity index (χ0v) is 14.5. The molecule has 0 aromatic carbocycles. The molecule has 1 fully saturated rings. The molecule has 3 aromatic rings. The molecular formula is C18H20N4O3. The molecule has 0 saturated carbocycles. The maximum absolute atomic E-state index is 5.80. The van der Waals surface area contributed by atoms with E-state index in [1.54, 1.807) is 18.7 Å². The van der Waals surface area contributed by atoms with Crippen molar-refractivity contribution >= 4 is 5.95 Å². The number of ether oxygens (including phenoxy) is 1. The Bertz CT molecular complexity index is 849. The molecular weight excluding hydrogens is 320 g/mol. The number of furan rings is 1. The highest BCUT2D eigenvalue weighted by atomic mass is 16.5. The van der Waals surface area contributed by atoms with Crippen molar-refractivity contribution in [1.29, 1.82) is 0 Å². The first-order valence-corrected chi connectivity index (χ1v) is 8.34. The Kier molecular flexibility index (Phi) is 4.01. The van der Waals surface area contributed by atoms with E-state index < -0.39 is 0 Å². The van der Waals surface area contributed by atoms with Gasteiger partial charge in [-0.3, -0.25) is 0 Å². The summed E-state index contributed by atoms with van der Waals surface area (Å²) in [7, 11) is 0. The van der Waals surface area contributed by atoms with Crippen LogP contribution in [0.3, 0.4) is 0 Å². The topological polar surface area (TPSA) is 77.4 Å². The maximum atomic E-state index is 5.80. The van der Waals surface area contributed by atoms with E-state index in [9.17, 15) is 0 Å². The van der Waals surface area contributed by atoms with Crippen LogP contribution in [0.2, 0.25) is 0 Å². The third-order valence-corrected chi connectivity index (χ3v) is 4.17. The summed E-state index contributed by atoms with van der Waals surface area (Å²) in [6.45, 7) is 7.53. The average Bonchev–Trinajstić information content (AvgIpc) is 3.25. The lowest BCUT2D eigenvalue weighted by molar-refractivity contribution is -0.00571. The van der Waals surface area contributed by atoms with Gasteiger partial charge in [-0.1, -0.05) is 5.16 Å².